The number of nitrogens with one attached hydrogen (secondary N) is 1. The minimum absolute atomic E-state index is 0.0157. The zero-order valence-electron chi connectivity index (χ0n) is 12.8. The predicted octanol–water partition coefficient (Wildman–Crippen LogP) is 0.962. The molecule has 1 aromatic carbocycles. The summed E-state index contributed by atoms with van der Waals surface area (Å²) in [6.45, 7) is 0.228. The molecule has 1 amide bonds. The highest BCUT2D eigenvalue weighted by atomic mass is 16.4. The molecule has 23 heavy (non-hydrogen) atoms. The van der Waals surface area contributed by atoms with Crippen molar-refractivity contribution in [1.82, 2.24) is 10.2 Å². The molecule has 1 saturated heterocycles. The largest absolute Gasteiger partial charge is 0.481 e. The highest BCUT2D eigenvalue weighted by molar-refractivity contribution is 6.00. The quantitative estimate of drug-likeness (QED) is 0.332. The van der Waals surface area contributed by atoms with E-state index in [0.717, 1.165) is 23.1 Å². The number of amides is 1. The van der Waals surface area contributed by atoms with Crippen molar-refractivity contribution in [3.63, 3.8) is 0 Å². The van der Waals surface area contributed by atoms with Crippen LogP contribution in [0.4, 0.5) is 0 Å². The van der Waals surface area contributed by atoms with Crippen LogP contribution in [0.3, 0.4) is 0 Å². The fourth-order valence-electron chi connectivity index (χ4n) is 3.78. The van der Waals surface area contributed by atoms with Crippen molar-refractivity contribution in [2.24, 2.45) is 11.1 Å². The summed E-state index contributed by atoms with van der Waals surface area (Å²) in [5.74, 6) is -0.338. The molecule has 0 radical (unpaired) electrons. The maximum Gasteiger partial charge on any atom is 0.305 e. The van der Waals surface area contributed by atoms with Gasteiger partial charge in [-0.3, -0.25) is 9.59 Å². The van der Waals surface area contributed by atoms with E-state index in [-0.39, 0.29) is 30.8 Å². The average Bonchev–Trinajstić information content (AvgIpc) is 3.02. The van der Waals surface area contributed by atoms with E-state index in [1.807, 2.05) is 18.2 Å². The third-order valence-corrected chi connectivity index (χ3v) is 4.70. The van der Waals surface area contributed by atoms with Gasteiger partial charge in [-0.1, -0.05) is 23.4 Å². The standard InChI is InChI=1S/C16H19N3O4/c1-17-16(18-23)11-4-2-3-10-12(11)7-9-8-13(20)19(15(9)10)6-5-14(21)22/h2-4,9,15,23H,5-8H2,1H3,(H,17,18)(H,21,22). The van der Waals surface area contributed by atoms with Crippen LogP contribution in [0.1, 0.15) is 35.6 Å². The van der Waals surface area contributed by atoms with Crippen molar-refractivity contribution >= 4 is 17.7 Å². The van der Waals surface area contributed by atoms with Gasteiger partial charge in [0.2, 0.25) is 5.91 Å². The monoisotopic (exact) mass is 317 g/mol. The second-order valence-corrected chi connectivity index (χ2v) is 5.92. The molecule has 1 heterocycles. The van der Waals surface area contributed by atoms with E-state index in [9.17, 15) is 9.59 Å². The number of benzene rings is 1. The van der Waals surface area contributed by atoms with Crippen molar-refractivity contribution in [1.29, 1.82) is 0 Å². The van der Waals surface area contributed by atoms with Gasteiger partial charge in [0.1, 0.15) is 0 Å². The van der Waals surface area contributed by atoms with Gasteiger partial charge in [0.05, 0.1) is 12.5 Å². The first-order chi connectivity index (χ1) is 11.1. The number of oxime groups is 1. The van der Waals surface area contributed by atoms with Crippen molar-refractivity contribution < 1.29 is 19.9 Å². The lowest BCUT2D eigenvalue weighted by molar-refractivity contribution is -0.138. The molecule has 0 aromatic heterocycles. The normalized spacial score (nSPS) is 22.9. The molecule has 2 unspecified atom stereocenters. The summed E-state index contributed by atoms with van der Waals surface area (Å²) in [6, 6.07) is 5.65. The number of carboxylic acid groups (broad SMARTS) is 1. The van der Waals surface area contributed by atoms with Crippen LogP contribution in [0.5, 0.6) is 0 Å². The summed E-state index contributed by atoms with van der Waals surface area (Å²) in [4.78, 5) is 24.7. The lowest BCUT2D eigenvalue weighted by Crippen LogP contribution is -2.30. The Morgan fingerprint density at radius 2 is 2.22 bits per heavy atom. The van der Waals surface area contributed by atoms with Gasteiger partial charge in [0, 0.05) is 25.6 Å². The van der Waals surface area contributed by atoms with Gasteiger partial charge in [0.15, 0.2) is 5.84 Å². The van der Waals surface area contributed by atoms with Crippen LogP contribution in [0.15, 0.2) is 23.4 Å². The number of carbonyl (C=O) groups excluding carboxylic acids is 1. The van der Waals surface area contributed by atoms with E-state index >= 15 is 0 Å². The molecule has 1 aliphatic carbocycles. The van der Waals surface area contributed by atoms with Gasteiger partial charge in [0.25, 0.3) is 0 Å². The molecule has 1 aliphatic heterocycles. The Morgan fingerprint density at radius 3 is 2.87 bits per heavy atom. The van der Waals surface area contributed by atoms with E-state index in [1.54, 1.807) is 11.9 Å². The maximum absolute atomic E-state index is 12.2. The molecule has 3 rings (SSSR count). The third-order valence-electron chi connectivity index (χ3n) is 4.70. The number of hydrogen-bond acceptors (Lipinski definition) is 4. The summed E-state index contributed by atoms with van der Waals surface area (Å²) in [6.07, 6.45) is 1.11. The first-order valence-corrected chi connectivity index (χ1v) is 7.60. The van der Waals surface area contributed by atoms with Gasteiger partial charge < -0.3 is 20.5 Å². The summed E-state index contributed by atoms with van der Waals surface area (Å²) in [5, 5.41) is 24.2. The molecule has 0 saturated carbocycles. The Bertz CT molecular complexity index is 686. The number of likely N-dealkylation sites (tertiary alicyclic amines) is 1. The number of rotatable bonds is 4. The minimum atomic E-state index is -0.905. The van der Waals surface area contributed by atoms with Crippen LogP contribution in [-0.2, 0) is 16.0 Å². The second-order valence-electron chi connectivity index (χ2n) is 5.92. The van der Waals surface area contributed by atoms with Crippen LogP contribution < -0.4 is 5.32 Å². The molecule has 7 heteroatoms. The van der Waals surface area contributed by atoms with E-state index in [0.29, 0.717) is 12.3 Å². The van der Waals surface area contributed by atoms with Gasteiger partial charge in [-0.15, -0.1) is 0 Å². The molecule has 2 aliphatic rings. The Balaban J connectivity index is 1.96. The van der Waals surface area contributed by atoms with E-state index in [2.05, 4.69) is 10.5 Å². The predicted molar refractivity (Wildman–Crippen MR) is 82.3 cm³/mol. The van der Waals surface area contributed by atoms with Gasteiger partial charge in [-0.05, 0) is 23.5 Å². The highest BCUT2D eigenvalue weighted by Crippen LogP contribution is 2.47. The number of carbonyl (C=O) groups is 2. The molecule has 0 bridgehead atoms. The Kier molecular flexibility index (Phi) is 3.94. The fraction of sp³-hybridized carbons (Fsp3) is 0.438. The topological polar surface area (TPSA) is 102 Å². The zero-order valence-corrected chi connectivity index (χ0v) is 12.8. The Hall–Kier alpha value is -2.57. The molecule has 2 atom stereocenters. The molecule has 7 nitrogen and oxygen atoms in total. The Morgan fingerprint density at radius 1 is 1.43 bits per heavy atom. The lowest BCUT2D eigenvalue weighted by atomic mass is 10.0. The first-order valence-electron chi connectivity index (χ1n) is 7.60. The van der Waals surface area contributed by atoms with E-state index in [4.69, 9.17) is 10.3 Å². The number of aliphatic carboxylic acids is 1. The summed E-state index contributed by atoms with van der Waals surface area (Å²) in [7, 11) is 1.69. The minimum Gasteiger partial charge on any atom is -0.481 e. The number of carboxylic acids is 1. The molecule has 0 spiro atoms. The second kappa shape index (κ2) is 5.91. The third kappa shape index (κ3) is 2.52. The molecule has 1 aromatic rings. The summed E-state index contributed by atoms with van der Waals surface area (Å²) < 4.78 is 0. The summed E-state index contributed by atoms with van der Waals surface area (Å²) in [5.41, 5.74) is 2.92. The molecular formula is C16H19N3O4. The fourth-order valence-corrected chi connectivity index (χ4v) is 3.78. The van der Waals surface area contributed by atoms with Crippen LogP contribution in [0.2, 0.25) is 0 Å². The molecule has 1 fully saturated rings. The maximum atomic E-state index is 12.2. The summed E-state index contributed by atoms with van der Waals surface area (Å²) >= 11 is 0. The van der Waals surface area contributed by atoms with Crippen LogP contribution in [-0.4, -0.2) is 46.5 Å². The zero-order chi connectivity index (χ0) is 16.6. The van der Waals surface area contributed by atoms with Gasteiger partial charge >= 0.3 is 5.97 Å². The number of nitrogens with zero attached hydrogens (tertiary/aromatic N) is 2. The molecule has 122 valence electrons. The van der Waals surface area contributed by atoms with Crippen LogP contribution >= 0.6 is 0 Å². The number of hydrogen-bond donors (Lipinski definition) is 3. The van der Waals surface area contributed by atoms with Crippen LogP contribution in [0.25, 0.3) is 0 Å². The average molecular weight is 317 g/mol. The lowest BCUT2D eigenvalue weighted by Gasteiger charge is -2.24. The SMILES string of the molecule is CN/C(=N\O)c1cccc2c1CC1CC(=O)N(CCC(=O)O)C21. The van der Waals surface area contributed by atoms with Crippen molar-refractivity contribution in [2.75, 3.05) is 13.6 Å². The highest BCUT2D eigenvalue weighted by Gasteiger charge is 2.46. The molecular weight excluding hydrogens is 298 g/mol. The van der Waals surface area contributed by atoms with Gasteiger partial charge in [-0.25, -0.2) is 0 Å². The molecule has 3 N–H and O–H groups in total. The van der Waals surface area contributed by atoms with Crippen LogP contribution in [0, 0.1) is 5.92 Å². The van der Waals surface area contributed by atoms with Crippen molar-refractivity contribution in [2.45, 2.75) is 25.3 Å². The van der Waals surface area contributed by atoms with Crippen molar-refractivity contribution in [3.05, 3.63) is 34.9 Å². The van der Waals surface area contributed by atoms with Crippen molar-refractivity contribution in [3.8, 4) is 0 Å². The smallest absolute Gasteiger partial charge is 0.305 e. The first kappa shape index (κ1) is 15.3. The Labute approximate surface area is 133 Å². The van der Waals surface area contributed by atoms with E-state index < -0.39 is 5.97 Å². The van der Waals surface area contributed by atoms with Gasteiger partial charge in [-0.2, -0.15) is 0 Å². The number of amidine groups is 1. The van der Waals surface area contributed by atoms with E-state index in [1.165, 1.54) is 0 Å². The number of fused-ring (bicyclic) bond motifs is 3.